The largest absolute Gasteiger partial charge is 0.347 e. The summed E-state index contributed by atoms with van der Waals surface area (Å²) >= 11 is 4.10. The lowest BCUT2D eigenvalue weighted by Gasteiger charge is -2.12. The summed E-state index contributed by atoms with van der Waals surface area (Å²) in [5.41, 5.74) is 0. The second kappa shape index (κ2) is 23.6. The Bertz CT molecular complexity index is 656. The number of thiol groups is 1. The number of amides is 1. The summed E-state index contributed by atoms with van der Waals surface area (Å²) < 4.78 is 0. The number of rotatable bonds is 19. The number of allylic oxidation sites excluding steroid dienone is 12. The van der Waals surface area contributed by atoms with Gasteiger partial charge in [0, 0.05) is 12.8 Å². The second-order valence-corrected chi connectivity index (χ2v) is 7.98. The number of carbonyl (C=O) groups is 2. The van der Waals surface area contributed by atoms with Crippen LogP contribution in [0.4, 0.5) is 0 Å². The second-order valence-electron chi connectivity index (χ2n) is 7.54. The molecular formula is C28H43NO2S. The van der Waals surface area contributed by atoms with E-state index in [0.717, 1.165) is 44.9 Å². The van der Waals surface area contributed by atoms with Crippen molar-refractivity contribution in [1.82, 2.24) is 5.32 Å². The van der Waals surface area contributed by atoms with Crippen LogP contribution in [0.15, 0.2) is 72.9 Å². The van der Waals surface area contributed by atoms with Crippen molar-refractivity contribution in [2.45, 2.75) is 84.1 Å². The highest BCUT2D eigenvalue weighted by Gasteiger charge is 2.14. The van der Waals surface area contributed by atoms with Gasteiger partial charge in [-0.05, 0) is 64.0 Å². The van der Waals surface area contributed by atoms with Gasteiger partial charge in [-0.1, -0.05) is 79.8 Å². The van der Waals surface area contributed by atoms with Crippen molar-refractivity contribution in [2.24, 2.45) is 0 Å². The lowest BCUT2D eigenvalue weighted by atomic mass is 10.1. The van der Waals surface area contributed by atoms with Gasteiger partial charge < -0.3 is 5.32 Å². The molecule has 0 radical (unpaired) electrons. The fourth-order valence-electron chi connectivity index (χ4n) is 2.72. The average Bonchev–Trinajstić information content (AvgIpc) is 2.78. The Morgan fingerprint density at radius 3 is 1.59 bits per heavy atom. The molecule has 0 aromatic rings. The van der Waals surface area contributed by atoms with Crippen molar-refractivity contribution in [3.8, 4) is 0 Å². The Morgan fingerprint density at radius 2 is 1.16 bits per heavy atom. The van der Waals surface area contributed by atoms with Gasteiger partial charge in [-0.2, -0.15) is 12.6 Å². The molecule has 0 saturated carbocycles. The minimum atomic E-state index is -0.410. The summed E-state index contributed by atoms with van der Waals surface area (Å²) in [5, 5.41) is 2.77. The Hall–Kier alpha value is -2.07. The zero-order valence-electron chi connectivity index (χ0n) is 20.0. The van der Waals surface area contributed by atoms with Crippen LogP contribution in [0.25, 0.3) is 0 Å². The van der Waals surface area contributed by atoms with E-state index in [9.17, 15) is 9.59 Å². The van der Waals surface area contributed by atoms with E-state index in [0.29, 0.717) is 25.0 Å². The molecule has 178 valence electrons. The van der Waals surface area contributed by atoms with E-state index >= 15 is 0 Å². The Kier molecular flexibility index (Phi) is 22.1. The maximum absolute atomic E-state index is 11.9. The van der Waals surface area contributed by atoms with Crippen LogP contribution < -0.4 is 5.32 Å². The molecule has 0 rings (SSSR count). The van der Waals surface area contributed by atoms with Crippen molar-refractivity contribution in [2.75, 3.05) is 5.75 Å². The van der Waals surface area contributed by atoms with E-state index in [1.165, 1.54) is 0 Å². The van der Waals surface area contributed by atoms with Crippen LogP contribution >= 0.6 is 12.6 Å². The predicted molar refractivity (Wildman–Crippen MR) is 143 cm³/mol. The first-order valence-electron chi connectivity index (χ1n) is 11.9. The fourth-order valence-corrected chi connectivity index (χ4v) is 2.88. The van der Waals surface area contributed by atoms with E-state index in [1.54, 1.807) is 6.92 Å². The normalized spacial score (nSPS) is 13.6. The molecule has 0 aromatic carbocycles. The van der Waals surface area contributed by atoms with Gasteiger partial charge in [-0.25, -0.2) is 0 Å². The lowest BCUT2D eigenvalue weighted by Crippen LogP contribution is -2.38. The first kappa shape index (κ1) is 29.9. The molecule has 0 aliphatic rings. The van der Waals surface area contributed by atoms with E-state index in [2.05, 4.69) is 91.7 Å². The summed E-state index contributed by atoms with van der Waals surface area (Å²) in [6.45, 7) is 3.89. The molecule has 1 amide bonds. The zero-order valence-corrected chi connectivity index (χ0v) is 20.9. The van der Waals surface area contributed by atoms with E-state index in [1.807, 2.05) is 6.08 Å². The molecule has 4 heteroatoms. The van der Waals surface area contributed by atoms with Crippen LogP contribution in [0.1, 0.15) is 78.1 Å². The fraction of sp³-hybridized carbons (Fsp3) is 0.500. The maximum Gasteiger partial charge on any atom is 0.220 e. The van der Waals surface area contributed by atoms with Gasteiger partial charge in [0.15, 0.2) is 5.78 Å². The van der Waals surface area contributed by atoms with Crippen LogP contribution in [0.2, 0.25) is 0 Å². The number of hydrogen-bond acceptors (Lipinski definition) is 3. The molecular weight excluding hydrogens is 414 g/mol. The van der Waals surface area contributed by atoms with Gasteiger partial charge >= 0.3 is 0 Å². The SMILES string of the molecule is CC/C=C\C/C=C\C/C=C\C/C=C\C/C=C\C/C=C\CCC(=O)N[C@@H](C)C(=O)CCCS. The van der Waals surface area contributed by atoms with Crippen LogP contribution in [0.5, 0.6) is 0 Å². The smallest absolute Gasteiger partial charge is 0.220 e. The van der Waals surface area contributed by atoms with Crippen molar-refractivity contribution in [1.29, 1.82) is 0 Å². The molecule has 0 heterocycles. The molecule has 0 unspecified atom stereocenters. The van der Waals surface area contributed by atoms with Gasteiger partial charge in [0.2, 0.25) is 5.91 Å². The minimum absolute atomic E-state index is 0.0707. The molecule has 0 aliphatic carbocycles. The van der Waals surface area contributed by atoms with Crippen LogP contribution in [0.3, 0.4) is 0 Å². The average molecular weight is 458 g/mol. The summed E-state index contributed by atoms with van der Waals surface area (Å²) in [6.07, 6.45) is 34.2. The highest BCUT2D eigenvalue weighted by molar-refractivity contribution is 7.80. The summed E-state index contributed by atoms with van der Waals surface area (Å²) in [7, 11) is 0. The predicted octanol–water partition coefficient (Wildman–Crippen LogP) is 7.25. The van der Waals surface area contributed by atoms with E-state index in [-0.39, 0.29) is 11.7 Å². The zero-order chi connectivity index (χ0) is 23.7. The van der Waals surface area contributed by atoms with Gasteiger partial charge in [-0.3, -0.25) is 9.59 Å². The molecule has 0 bridgehead atoms. The van der Waals surface area contributed by atoms with Gasteiger partial charge in [0.1, 0.15) is 0 Å². The number of Topliss-reactive ketones (excluding diaryl/α,β-unsaturated/α-hetero) is 1. The summed E-state index contributed by atoms with van der Waals surface area (Å²) in [6, 6.07) is -0.410. The monoisotopic (exact) mass is 457 g/mol. The third-order valence-corrected chi connectivity index (χ3v) is 4.89. The van der Waals surface area contributed by atoms with Gasteiger partial charge in [0.05, 0.1) is 6.04 Å². The van der Waals surface area contributed by atoms with Crippen molar-refractivity contribution >= 4 is 24.3 Å². The number of nitrogens with one attached hydrogen (secondary N) is 1. The van der Waals surface area contributed by atoms with Crippen molar-refractivity contribution < 1.29 is 9.59 Å². The Morgan fingerprint density at radius 1 is 0.719 bits per heavy atom. The first-order chi connectivity index (χ1) is 15.6. The van der Waals surface area contributed by atoms with Crippen LogP contribution in [0, 0.1) is 0 Å². The van der Waals surface area contributed by atoms with Crippen molar-refractivity contribution in [3.05, 3.63) is 72.9 Å². The Balaban J connectivity index is 3.71. The van der Waals surface area contributed by atoms with Gasteiger partial charge in [-0.15, -0.1) is 0 Å². The number of carbonyl (C=O) groups excluding carboxylic acids is 2. The molecule has 0 aromatic heterocycles. The molecule has 1 N–H and O–H groups in total. The molecule has 1 atom stereocenters. The summed E-state index contributed by atoms with van der Waals surface area (Å²) in [5.74, 6) is 0.687. The highest BCUT2D eigenvalue weighted by atomic mass is 32.1. The highest BCUT2D eigenvalue weighted by Crippen LogP contribution is 2.00. The van der Waals surface area contributed by atoms with Gasteiger partial charge in [0.25, 0.3) is 0 Å². The molecule has 0 saturated heterocycles. The lowest BCUT2D eigenvalue weighted by molar-refractivity contribution is -0.127. The molecule has 32 heavy (non-hydrogen) atoms. The molecule has 0 aliphatic heterocycles. The van der Waals surface area contributed by atoms with Crippen molar-refractivity contribution in [3.63, 3.8) is 0 Å². The summed E-state index contributed by atoms with van der Waals surface area (Å²) in [4.78, 5) is 23.7. The third-order valence-electron chi connectivity index (χ3n) is 4.58. The van der Waals surface area contributed by atoms with E-state index in [4.69, 9.17) is 0 Å². The minimum Gasteiger partial charge on any atom is -0.347 e. The molecule has 0 spiro atoms. The first-order valence-corrected chi connectivity index (χ1v) is 12.6. The van der Waals surface area contributed by atoms with E-state index < -0.39 is 6.04 Å². The van der Waals surface area contributed by atoms with Crippen LogP contribution in [-0.4, -0.2) is 23.5 Å². The number of ketones is 1. The molecule has 0 fully saturated rings. The number of hydrogen-bond donors (Lipinski definition) is 2. The maximum atomic E-state index is 11.9. The quantitative estimate of drug-likeness (QED) is 0.158. The molecule has 3 nitrogen and oxygen atoms in total. The third kappa shape index (κ3) is 21.2. The van der Waals surface area contributed by atoms with Crippen LogP contribution in [-0.2, 0) is 9.59 Å². The topological polar surface area (TPSA) is 46.2 Å². The Labute approximate surface area is 201 Å². The standard InChI is InChI=1S/C28H43NO2S/c1-3-4-5-6-7-8-9-10-11-12-13-14-15-16-17-18-19-20-21-24-28(31)29-26(2)27(30)23-22-25-32/h4-5,7-8,10-11,13-14,16-17,19-20,26,32H,3,6,9,12,15,18,21-25H2,1-2H3,(H,29,31)/b5-4-,8-7-,11-10-,14-13-,17-16-,20-19-/t26-/m0/s1.